The maximum absolute atomic E-state index is 12.8. The van der Waals surface area contributed by atoms with Crippen molar-refractivity contribution in [2.45, 2.75) is 6.92 Å². The summed E-state index contributed by atoms with van der Waals surface area (Å²) in [4.78, 5) is 49.5. The number of hydrogen-bond acceptors (Lipinski definition) is 4. The molecule has 1 aliphatic heterocycles. The maximum Gasteiger partial charge on any atom is 0.335 e. The minimum atomic E-state index is -1.05. The van der Waals surface area contributed by atoms with E-state index in [1.54, 1.807) is 47.2 Å². The van der Waals surface area contributed by atoms with E-state index < -0.39 is 30.4 Å². The van der Waals surface area contributed by atoms with Gasteiger partial charge in [0, 0.05) is 23.3 Å². The van der Waals surface area contributed by atoms with Gasteiger partial charge in [-0.05, 0) is 55.5 Å². The molecule has 1 fully saturated rings. The van der Waals surface area contributed by atoms with E-state index in [1.807, 2.05) is 19.1 Å². The summed E-state index contributed by atoms with van der Waals surface area (Å²) in [6.45, 7) is 1.49. The summed E-state index contributed by atoms with van der Waals surface area (Å²) in [5, 5.41) is 14.4. The number of carboxylic acid groups (broad SMARTS) is 1. The molecule has 1 saturated heterocycles. The first-order valence-corrected chi connectivity index (χ1v) is 10.0. The number of carboxylic acids is 1. The molecular formula is C24H20N4O5. The number of imide groups is 1. The molecule has 0 bridgehead atoms. The lowest BCUT2D eigenvalue weighted by molar-refractivity contribution is -0.127. The van der Waals surface area contributed by atoms with Gasteiger partial charge in [0.1, 0.15) is 12.2 Å². The lowest BCUT2D eigenvalue weighted by Gasteiger charge is -2.12. The van der Waals surface area contributed by atoms with Crippen LogP contribution in [0.4, 0.5) is 10.5 Å². The number of aryl methyl sites for hydroxylation is 1. The number of carbonyl (C=O) groups excluding carboxylic acids is 3. The van der Waals surface area contributed by atoms with Crippen molar-refractivity contribution in [2.24, 2.45) is 0 Å². The van der Waals surface area contributed by atoms with Crippen LogP contribution in [0.5, 0.6) is 0 Å². The first-order valence-electron chi connectivity index (χ1n) is 10.0. The van der Waals surface area contributed by atoms with E-state index in [2.05, 4.69) is 10.6 Å². The number of nitrogens with zero attached hydrogens (tertiary/aromatic N) is 2. The third-order valence-electron chi connectivity index (χ3n) is 5.04. The highest BCUT2D eigenvalue weighted by molar-refractivity contribution is 6.15. The molecule has 0 spiro atoms. The predicted molar refractivity (Wildman–Crippen MR) is 121 cm³/mol. The van der Waals surface area contributed by atoms with Crippen LogP contribution in [0.3, 0.4) is 0 Å². The minimum Gasteiger partial charge on any atom is -0.478 e. The molecule has 1 aliphatic rings. The van der Waals surface area contributed by atoms with E-state index in [0.29, 0.717) is 17.1 Å². The quantitative estimate of drug-likeness (QED) is 0.399. The van der Waals surface area contributed by atoms with Gasteiger partial charge in [0.2, 0.25) is 5.91 Å². The predicted octanol–water partition coefficient (Wildman–Crippen LogP) is 3.02. The van der Waals surface area contributed by atoms with Gasteiger partial charge in [-0.3, -0.25) is 9.59 Å². The monoisotopic (exact) mass is 444 g/mol. The fourth-order valence-corrected chi connectivity index (χ4v) is 3.38. The Labute approximate surface area is 188 Å². The van der Waals surface area contributed by atoms with Crippen LogP contribution in [0.1, 0.15) is 21.6 Å². The average molecular weight is 444 g/mol. The van der Waals surface area contributed by atoms with Crippen molar-refractivity contribution >= 4 is 35.6 Å². The topological polar surface area (TPSA) is 121 Å². The van der Waals surface area contributed by atoms with Crippen LogP contribution >= 0.6 is 0 Å². The zero-order valence-electron chi connectivity index (χ0n) is 17.6. The summed E-state index contributed by atoms with van der Waals surface area (Å²) in [5.74, 6) is -2.19. The van der Waals surface area contributed by atoms with Gasteiger partial charge in [-0.25, -0.2) is 14.5 Å². The molecule has 2 aromatic carbocycles. The van der Waals surface area contributed by atoms with Crippen LogP contribution in [0.15, 0.2) is 72.6 Å². The van der Waals surface area contributed by atoms with Crippen molar-refractivity contribution < 1.29 is 24.3 Å². The molecule has 1 aromatic heterocycles. The third kappa shape index (κ3) is 4.67. The molecular weight excluding hydrogens is 424 g/mol. The summed E-state index contributed by atoms with van der Waals surface area (Å²) in [6, 6.07) is 16.2. The molecule has 33 heavy (non-hydrogen) atoms. The molecule has 4 amide bonds. The van der Waals surface area contributed by atoms with Crippen LogP contribution in [0, 0.1) is 6.92 Å². The largest absolute Gasteiger partial charge is 0.478 e. The lowest BCUT2D eigenvalue weighted by Crippen LogP contribution is -2.38. The first-order chi connectivity index (χ1) is 15.8. The van der Waals surface area contributed by atoms with Gasteiger partial charge < -0.3 is 20.3 Å². The Bertz CT molecular complexity index is 1290. The molecule has 3 aromatic rings. The maximum atomic E-state index is 12.8. The van der Waals surface area contributed by atoms with Crippen molar-refractivity contribution in [3.8, 4) is 5.69 Å². The second kappa shape index (κ2) is 8.83. The van der Waals surface area contributed by atoms with Gasteiger partial charge >= 0.3 is 12.0 Å². The van der Waals surface area contributed by atoms with Gasteiger partial charge in [-0.15, -0.1) is 0 Å². The second-order valence-electron chi connectivity index (χ2n) is 7.45. The molecule has 166 valence electrons. The van der Waals surface area contributed by atoms with Crippen LogP contribution in [0.2, 0.25) is 0 Å². The second-order valence-corrected chi connectivity index (χ2v) is 7.45. The number of amides is 4. The highest BCUT2D eigenvalue weighted by atomic mass is 16.4. The molecule has 4 rings (SSSR count). The Hall–Kier alpha value is -4.66. The Kier molecular flexibility index (Phi) is 5.77. The summed E-state index contributed by atoms with van der Waals surface area (Å²) >= 11 is 0. The fourth-order valence-electron chi connectivity index (χ4n) is 3.38. The molecule has 0 atom stereocenters. The van der Waals surface area contributed by atoms with E-state index in [1.165, 1.54) is 18.2 Å². The standard InChI is InChI=1S/C24H20N4O5/c1-15-7-9-17(10-8-15)25-21(29)14-28-22(30)20(26-24(28)33)13-19-6-3-11-27(19)18-5-2-4-16(12-18)23(31)32/h2-13H,14H2,1H3,(H,25,29)(H,26,33)(H,31,32). The zero-order chi connectivity index (χ0) is 23.5. The number of carbonyl (C=O) groups is 4. The van der Waals surface area contributed by atoms with Crippen LogP contribution in [-0.2, 0) is 9.59 Å². The smallest absolute Gasteiger partial charge is 0.335 e. The Morgan fingerprint density at radius 3 is 2.55 bits per heavy atom. The average Bonchev–Trinajstić information content (AvgIpc) is 3.35. The van der Waals surface area contributed by atoms with Crippen LogP contribution in [-0.4, -0.2) is 44.9 Å². The molecule has 0 unspecified atom stereocenters. The van der Waals surface area contributed by atoms with E-state index in [9.17, 15) is 24.3 Å². The number of benzene rings is 2. The SMILES string of the molecule is Cc1ccc(NC(=O)CN2C(=O)NC(=Cc3cccn3-c3cccc(C(=O)O)c3)C2=O)cc1. The van der Waals surface area contributed by atoms with Crippen molar-refractivity contribution in [2.75, 3.05) is 11.9 Å². The molecule has 0 aliphatic carbocycles. The summed E-state index contributed by atoms with van der Waals surface area (Å²) in [5.41, 5.74) is 2.87. The van der Waals surface area contributed by atoms with Gasteiger partial charge in [-0.2, -0.15) is 0 Å². The van der Waals surface area contributed by atoms with E-state index in [0.717, 1.165) is 10.5 Å². The van der Waals surface area contributed by atoms with Gasteiger partial charge in [0.05, 0.1) is 5.56 Å². The highest BCUT2D eigenvalue weighted by Crippen LogP contribution is 2.19. The van der Waals surface area contributed by atoms with Crippen molar-refractivity contribution in [1.82, 2.24) is 14.8 Å². The number of aromatic carboxylic acids is 1. The van der Waals surface area contributed by atoms with Crippen molar-refractivity contribution in [3.05, 3.63) is 89.4 Å². The van der Waals surface area contributed by atoms with Crippen LogP contribution < -0.4 is 10.6 Å². The third-order valence-corrected chi connectivity index (χ3v) is 5.04. The Morgan fingerprint density at radius 2 is 1.82 bits per heavy atom. The summed E-state index contributed by atoms with van der Waals surface area (Å²) in [6.07, 6.45) is 3.19. The molecule has 9 heteroatoms. The van der Waals surface area contributed by atoms with Gasteiger partial charge in [0.25, 0.3) is 5.91 Å². The summed E-state index contributed by atoms with van der Waals surface area (Å²) in [7, 11) is 0. The zero-order valence-corrected chi connectivity index (χ0v) is 17.6. The fraction of sp³-hybridized carbons (Fsp3) is 0.0833. The summed E-state index contributed by atoms with van der Waals surface area (Å²) < 4.78 is 1.69. The van der Waals surface area contributed by atoms with E-state index >= 15 is 0 Å². The number of rotatable bonds is 6. The van der Waals surface area contributed by atoms with Gasteiger partial charge in [0.15, 0.2) is 0 Å². The Balaban J connectivity index is 1.51. The molecule has 0 radical (unpaired) electrons. The number of aromatic nitrogens is 1. The number of nitrogens with one attached hydrogen (secondary N) is 2. The first kappa shape index (κ1) is 21.6. The van der Waals surface area contributed by atoms with E-state index in [-0.39, 0.29) is 11.3 Å². The minimum absolute atomic E-state index is 0.0116. The van der Waals surface area contributed by atoms with Crippen LogP contribution in [0.25, 0.3) is 11.8 Å². The number of hydrogen-bond donors (Lipinski definition) is 3. The molecule has 9 nitrogen and oxygen atoms in total. The number of urea groups is 1. The van der Waals surface area contributed by atoms with E-state index in [4.69, 9.17) is 0 Å². The molecule has 2 heterocycles. The van der Waals surface area contributed by atoms with Gasteiger partial charge in [-0.1, -0.05) is 23.8 Å². The molecule has 0 saturated carbocycles. The molecule has 3 N–H and O–H groups in total. The highest BCUT2D eigenvalue weighted by Gasteiger charge is 2.35. The lowest BCUT2D eigenvalue weighted by atomic mass is 10.2. The number of anilines is 1. The normalized spacial score (nSPS) is 14.5. The van der Waals surface area contributed by atoms with Crippen molar-refractivity contribution in [3.63, 3.8) is 0 Å². The van der Waals surface area contributed by atoms with Crippen molar-refractivity contribution in [1.29, 1.82) is 0 Å². The Morgan fingerprint density at radius 1 is 1.06 bits per heavy atom.